The number of Topliss-reactive ketones (excluding diaryl/α,β-unsaturated/α-hetero) is 1. The summed E-state index contributed by atoms with van der Waals surface area (Å²) in [5.74, 6) is -2.06. The molecule has 0 radical (unpaired) electrons. The molecule has 5 heteroatoms. The van der Waals surface area contributed by atoms with E-state index in [9.17, 15) is 9.18 Å². The van der Waals surface area contributed by atoms with E-state index in [4.69, 9.17) is 15.6 Å². The van der Waals surface area contributed by atoms with E-state index in [2.05, 4.69) is 0 Å². The fourth-order valence-corrected chi connectivity index (χ4v) is 1.37. The minimum atomic E-state index is -1.04. The van der Waals surface area contributed by atoms with E-state index in [0.717, 1.165) is 6.07 Å². The molecule has 0 amide bonds. The predicted octanol–water partition coefficient (Wildman–Crippen LogP) is 1.15. The smallest absolute Gasteiger partial charge is 0.247 e. The van der Waals surface area contributed by atoms with E-state index in [1.54, 1.807) is 0 Å². The Morgan fingerprint density at radius 2 is 2.20 bits per heavy atom. The Morgan fingerprint density at radius 3 is 2.73 bits per heavy atom. The van der Waals surface area contributed by atoms with Crippen molar-refractivity contribution in [1.29, 1.82) is 0 Å². The predicted molar refractivity (Wildman–Crippen MR) is 49.1 cm³/mol. The lowest BCUT2D eigenvalue weighted by atomic mass is 10.1. The second-order valence-corrected chi connectivity index (χ2v) is 3.13. The largest absolute Gasteiger partial charge is 0.501 e. The standard InChI is InChI=1S/C10H8FNO3/c11-6-3-1-2-5(4-6)9-7(13)8(14)10(12)15-9/h1-4,9,14H,12H2. The van der Waals surface area contributed by atoms with Gasteiger partial charge in [0.1, 0.15) is 5.82 Å². The molecule has 4 nitrogen and oxygen atoms in total. The maximum atomic E-state index is 12.9. The molecule has 0 saturated heterocycles. The van der Waals surface area contributed by atoms with E-state index in [-0.39, 0.29) is 5.88 Å². The number of hydrogen-bond acceptors (Lipinski definition) is 4. The monoisotopic (exact) mass is 209 g/mol. The van der Waals surface area contributed by atoms with Crippen LogP contribution >= 0.6 is 0 Å². The van der Waals surface area contributed by atoms with Gasteiger partial charge in [-0.3, -0.25) is 4.79 Å². The fourth-order valence-electron chi connectivity index (χ4n) is 1.37. The summed E-state index contributed by atoms with van der Waals surface area (Å²) in [4.78, 5) is 11.4. The topological polar surface area (TPSA) is 72.5 Å². The van der Waals surface area contributed by atoms with Gasteiger partial charge in [-0.1, -0.05) is 12.1 Å². The van der Waals surface area contributed by atoms with Gasteiger partial charge in [0.25, 0.3) is 0 Å². The van der Waals surface area contributed by atoms with Gasteiger partial charge in [-0.15, -0.1) is 0 Å². The molecule has 1 aliphatic rings. The molecule has 0 spiro atoms. The summed E-state index contributed by atoms with van der Waals surface area (Å²) in [5, 5.41) is 9.15. The first-order valence-corrected chi connectivity index (χ1v) is 4.24. The van der Waals surface area contributed by atoms with Crippen molar-refractivity contribution in [2.45, 2.75) is 6.10 Å². The number of ketones is 1. The Labute approximate surface area is 84.8 Å². The van der Waals surface area contributed by atoms with Gasteiger partial charge in [-0.05, 0) is 12.1 Å². The summed E-state index contributed by atoms with van der Waals surface area (Å²) in [5.41, 5.74) is 5.55. The molecule has 1 aromatic rings. The molecule has 1 aromatic carbocycles. The fraction of sp³-hybridized carbons (Fsp3) is 0.100. The van der Waals surface area contributed by atoms with Gasteiger partial charge in [0, 0.05) is 5.56 Å². The number of halogens is 1. The normalized spacial score (nSPS) is 20.6. The van der Waals surface area contributed by atoms with Crippen molar-refractivity contribution in [2.75, 3.05) is 0 Å². The van der Waals surface area contributed by atoms with Crippen molar-refractivity contribution >= 4 is 5.78 Å². The Morgan fingerprint density at radius 1 is 1.47 bits per heavy atom. The van der Waals surface area contributed by atoms with Crippen molar-refractivity contribution in [1.82, 2.24) is 0 Å². The van der Waals surface area contributed by atoms with Crippen LogP contribution in [0, 0.1) is 5.82 Å². The first-order chi connectivity index (χ1) is 7.09. The number of ether oxygens (including phenoxy) is 1. The van der Waals surface area contributed by atoms with Gasteiger partial charge in [-0.2, -0.15) is 0 Å². The molecule has 1 aliphatic heterocycles. The molecular formula is C10H8FNO3. The molecule has 0 fully saturated rings. The summed E-state index contributed by atoms with van der Waals surface area (Å²) >= 11 is 0. The van der Waals surface area contributed by atoms with Gasteiger partial charge in [-0.25, -0.2) is 4.39 Å². The van der Waals surface area contributed by atoms with Gasteiger partial charge < -0.3 is 15.6 Å². The molecule has 2 rings (SSSR count). The Hall–Kier alpha value is -2.04. The highest BCUT2D eigenvalue weighted by Crippen LogP contribution is 2.29. The highest BCUT2D eigenvalue weighted by molar-refractivity contribution is 5.99. The van der Waals surface area contributed by atoms with Crippen LogP contribution in [0.4, 0.5) is 4.39 Å². The lowest BCUT2D eigenvalue weighted by Gasteiger charge is -2.09. The molecule has 1 heterocycles. The highest BCUT2D eigenvalue weighted by Gasteiger charge is 2.35. The minimum Gasteiger partial charge on any atom is -0.501 e. The lowest BCUT2D eigenvalue weighted by molar-refractivity contribution is -0.123. The number of benzene rings is 1. The van der Waals surface area contributed by atoms with Crippen LogP contribution < -0.4 is 5.73 Å². The molecule has 3 N–H and O–H groups in total. The van der Waals surface area contributed by atoms with Gasteiger partial charge in [0.15, 0.2) is 6.10 Å². The number of rotatable bonds is 1. The van der Waals surface area contributed by atoms with E-state index in [1.165, 1.54) is 18.2 Å². The second-order valence-electron chi connectivity index (χ2n) is 3.13. The van der Waals surface area contributed by atoms with E-state index in [1.807, 2.05) is 0 Å². The third-order valence-electron chi connectivity index (χ3n) is 2.10. The maximum absolute atomic E-state index is 12.9. The molecule has 78 valence electrons. The van der Waals surface area contributed by atoms with Crippen LogP contribution in [0.2, 0.25) is 0 Å². The first-order valence-electron chi connectivity index (χ1n) is 4.24. The Kier molecular flexibility index (Phi) is 2.07. The number of carbonyl (C=O) groups is 1. The quantitative estimate of drug-likeness (QED) is 0.727. The van der Waals surface area contributed by atoms with E-state index in [0.29, 0.717) is 5.56 Å². The summed E-state index contributed by atoms with van der Waals surface area (Å²) < 4.78 is 17.8. The zero-order chi connectivity index (χ0) is 11.0. The summed E-state index contributed by atoms with van der Waals surface area (Å²) in [6.45, 7) is 0. The Bertz CT molecular complexity index is 456. The molecule has 0 aromatic heterocycles. The van der Waals surface area contributed by atoms with Gasteiger partial charge in [0.2, 0.25) is 17.4 Å². The molecule has 0 bridgehead atoms. The zero-order valence-electron chi connectivity index (χ0n) is 7.61. The van der Waals surface area contributed by atoms with E-state index >= 15 is 0 Å². The SMILES string of the molecule is NC1=C(O)C(=O)C(c2cccc(F)c2)O1. The summed E-state index contributed by atoms with van der Waals surface area (Å²) in [6, 6.07) is 5.39. The van der Waals surface area contributed by atoms with Gasteiger partial charge >= 0.3 is 0 Å². The molecular weight excluding hydrogens is 201 g/mol. The molecule has 1 unspecified atom stereocenters. The molecule has 15 heavy (non-hydrogen) atoms. The second kappa shape index (κ2) is 3.27. The van der Waals surface area contributed by atoms with Crippen LogP contribution in [0.5, 0.6) is 0 Å². The van der Waals surface area contributed by atoms with Gasteiger partial charge in [0.05, 0.1) is 0 Å². The third-order valence-corrected chi connectivity index (χ3v) is 2.10. The van der Waals surface area contributed by atoms with Crippen LogP contribution in [0.1, 0.15) is 11.7 Å². The van der Waals surface area contributed by atoms with Crippen LogP contribution in [0.15, 0.2) is 35.9 Å². The third kappa shape index (κ3) is 1.52. The molecule has 0 saturated carbocycles. The maximum Gasteiger partial charge on any atom is 0.247 e. The van der Waals surface area contributed by atoms with Crippen molar-refractivity contribution in [3.8, 4) is 0 Å². The first kappa shape index (κ1) is 9.51. The summed E-state index contributed by atoms with van der Waals surface area (Å²) in [6.07, 6.45) is -1.04. The molecule has 0 aliphatic carbocycles. The average Bonchev–Trinajstić information content (AvgIpc) is 2.46. The van der Waals surface area contributed by atoms with Crippen molar-refractivity contribution in [3.05, 3.63) is 47.3 Å². The van der Waals surface area contributed by atoms with Crippen LogP contribution in [0.25, 0.3) is 0 Å². The van der Waals surface area contributed by atoms with Crippen LogP contribution in [-0.2, 0) is 9.53 Å². The van der Waals surface area contributed by atoms with E-state index < -0.39 is 23.5 Å². The number of aliphatic hydroxyl groups is 1. The van der Waals surface area contributed by atoms with Crippen LogP contribution in [0.3, 0.4) is 0 Å². The van der Waals surface area contributed by atoms with Crippen LogP contribution in [-0.4, -0.2) is 10.9 Å². The number of aliphatic hydroxyl groups excluding tert-OH is 1. The van der Waals surface area contributed by atoms with Crippen molar-refractivity contribution in [2.24, 2.45) is 5.73 Å². The summed E-state index contributed by atoms with van der Waals surface area (Å²) in [7, 11) is 0. The highest BCUT2D eigenvalue weighted by atomic mass is 19.1. The Balaban J connectivity index is 2.33. The minimum absolute atomic E-state index is 0.325. The van der Waals surface area contributed by atoms with Crippen molar-refractivity contribution in [3.63, 3.8) is 0 Å². The number of hydrogen-bond donors (Lipinski definition) is 2. The van der Waals surface area contributed by atoms with Crippen molar-refractivity contribution < 1.29 is 19.0 Å². The lowest BCUT2D eigenvalue weighted by Crippen LogP contribution is -2.09. The zero-order valence-corrected chi connectivity index (χ0v) is 7.61. The number of carbonyl (C=O) groups excluding carboxylic acids is 1. The molecule has 1 atom stereocenters. The average molecular weight is 209 g/mol. The number of nitrogens with two attached hydrogens (primary N) is 1.